The smallest absolute Gasteiger partial charge is 0.250 e. The maximum Gasteiger partial charge on any atom is 0.250 e. The highest BCUT2D eigenvalue weighted by atomic mass is 32.2. The van der Waals surface area contributed by atoms with E-state index in [1.807, 2.05) is 6.07 Å². The summed E-state index contributed by atoms with van der Waals surface area (Å²) in [5, 5.41) is 9.14. The van der Waals surface area contributed by atoms with Crippen molar-refractivity contribution in [1.82, 2.24) is 9.71 Å². The van der Waals surface area contributed by atoms with Gasteiger partial charge in [0, 0.05) is 11.1 Å². The quantitative estimate of drug-likeness (QED) is 0.885. The number of rotatable bonds is 5. The lowest BCUT2D eigenvalue weighted by molar-refractivity contribution is 0.285. The van der Waals surface area contributed by atoms with Crippen LogP contribution in [0, 0.1) is 6.92 Å². The maximum absolute atomic E-state index is 12.3. The zero-order valence-corrected chi connectivity index (χ0v) is 12.8. The second-order valence-corrected chi connectivity index (χ2v) is 7.50. The SMILES string of the molecule is Cc1cc(S(=O)(=O)NC(C)c2ccccn2)sc1CO. The average Bonchev–Trinajstić information content (AvgIpc) is 2.81. The predicted octanol–water partition coefficient (Wildman–Crippen LogP) is 1.98. The lowest BCUT2D eigenvalue weighted by Crippen LogP contribution is -2.26. The minimum atomic E-state index is -3.60. The lowest BCUT2D eigenvalue weighted by Gasteiger charge is -2.12. The highest BCUT2D eigenvalue weighted by Crippen LogP contribution is 2.27. The summed E-state index contributed by atoms with van der Waals surface area (Å²) in [6, 6.07) is 6.52. The van der Waals surface area contributed by atoms with Crippen molar-refractivity contribution in [2.75, 3.05) is 0 Å². The van der Waals surface area contributed by atoms with Crippen LogP contribution in [0.3, 0.4) is 0 Å². The van der Waals surface area contributed by atoms with Gasteiger partial charge in [0.05, 0.1) is 18.3 Å². The monoisotopic (exact) mass is 312 g/mol. The number of pyridine rings is 1. The number of sulfonamides is 1. The fraction of sp³-hybridized carbons (Fsp3) is 0.308. The standard InChI is InChI=1S/C13H16N2O3S2/c1-9-7-13(19-12(9)8-16)20(17,18)15-10(2)11-5-3-4-6-14-11/h3-7,10,15-16H,8H2,1-2H3. The van der Waals surface area contributed by atoms with Crippen molar-refractivity contribution in [2.45, 2.75) is 30.7 Å². The van der Waals surface area contributed by atoms with Gasteiger partial charge in [0.2, 0.25) is 0 Å². The molecule has 5 nitrogen and oxygen atoms in total. The molecule has 1 unspecified atom stereocenters. The van der Waals surface area contributed by atoms with Crippen LogP contribution in [0.15, 0.2) is 34.7 Å². The second-order valence-electron chi connectivity index (χ2n) is 4.43. The summed E-state index contributed by atoms with van der Waals surface area (Å²) in [7, 11) is -3.60. The highest BCUT2D eigenvalue weighted by Gasteiger charge is 2.22. The second kappa shape index (κ2) is 6.01. The zero-order valence-electron chi connectivity index (χ0n) is 11.2. The topological polar surface area (TPSA) is 79.3 Å². The number of hydrogen-bond acceptors (Lipinski definition) is 5. The van der Waals surface area contributed by atoms with Crippen molar-refractivity contribution in [3.63, 3.8) is 0 Å². The Morgan fingerprint density at radius 1 is 1.45 bits per heavy atom. The Bertz CT molecular complexity index is 681. The molecule has 7 heteroatoms. The number of aryl methyl sites for hydroxylation is 1. The molecule has 2 aromatic rings. The van der Waals surface area contributed by atoms with Crippen molar-refractivity contribution in [2.24, 2.45) is 0 Å². The Morgan fingerprint density at radius 2 is 2.20 bits per heavy atom. The molecule has 2 rings (SSSR count). The first-order valence-corrected chi connectivity index (χ1v) is 8.37. The molecule has 0 fully saturated rings. The van der Waals surface area contributed by atoms with Crippen LogP contribution in [0.1, 0.15) is 29.1 Å². The van der Waals surface area contributed by atoms with Crippen LogP contribution in [0.2, 0.25) is 0 Å². The van der Waals surface area contributed by atoms with Crippen LogP contribution >= 0.6 is 11.3 Å². The molecule has 2 aromatic heterocycles. The fourth-order valence-corrected chi connectivity index (χ4v) is 4.44. The van der Waals surface area contributed by atoms with E-state index in [1.54, 1.807) is 38.2 Å². The Labute approximate surface area is 122 Å². The van der Waals surface area contributed by atoms with Crippen LogP contribution < -0.4 is 4.72 Å². The van der Waals surface area contributed by atoms with Gasteiger partial charge in [0.1, 0.15) is 4.21 Å². The first-order valence-electron chi connectivity index (χ1n) is 6.07. The molecule has 0 saturated carbocycles. The van der Waals surface area contributed by atoms with Crippen LogP contribution in [-0.4, -0.2) is 18.5 Å². The fourth-order valence-electron chi connectivity index (χ4n) is 1.76. The molecular weight excluding hydrogens is 296 g/mol. The summed E-state index contributed by atoms with van der Waals surface area (Å²) in [4.78, 5) is 4.79. The third-order valence-electron chi connectivity index (χ3n) is 2.87. The molecule has 0 spiro atoms. The molecule has 2 heterocycles. The largest absolute Gasteiger partial charge is 0.391 e. The molecule has 0 radical (unpaired) electrons. The highest BCUT2D eigenvalue weighted by molar-refractivity contribution is 7.91. The minimum Gasteiger partial charge on any atom is -0.391 e. The maximum atomic E-state index is 12.3. The van der Waals surface area contributed by atoms with E-state index in [2.05, 4.69) is 9.71 Å². The first kappa shape index (κ1) is 15.1. The summed E-state index contributed by atoms with van der Waals surface area (Å²) in [6.07, 6.45) is 1.62. The summed E-state index contributed by atoms with van der Waals surface area (Å²) >= 11 is 1.08. The third kappa shape index (κ3) is 3.24. The number of aromatic nitrogens is 1. The molecule has 108 valence electrons. The summed E-state index contributed by atoms with van der Waals surface area (Å²) < 4.78 is 27.4. The number of aliphatic hydroxyl groups is 1. The van der Waals surface area contributed by atoms with Crippen molar-refractivity contribution in [1.29, 1.82) is 0 Å². The van der Waals surface area contributed by atoms with E-state index in [1.165, 1.54) is 0 Å². The van der Waals surface area contributed by atoms with Gasteiger partial charge in [-0.25, -0.2) is 13.1 Å². The van der Waals surface area contributed by atoms with Crippen molar-refractivity contribution < 1.29 is 13.5 Å². The van der Waals surface area contributed by atoms with E-state index in [4.69, 9.17) is 5.11 Å². The third-order valence-corrected chi connectivity index (χ3v) is 6.11. The van der Waals surface area contributed by atoms with Crippen LogP contribution in [0.25, 0.3) is 0 Å². The number of nitrogens with one attached hydrogen (secondary N) is 1. The molecule has 2 N–H and O–H groups in total. The van der Waals surface area contributed by atoms with E-state index in [0.717, 1.165) is 16.9 Å². The Hall–Kier alpha value is -1.28. The van der Waals surface area contributed by atoms with Crippen LogP contribution in [0.5, 0.6) is 0 Å². The van der Waals surface area contributed by atoms with Crippen molar-refractivity contribution in [3.8, 4) is 0 Å². The van der Waals surface area contributed by atoms with E-state index in [9.17, 15) is 8.42 Å². The minimum absolute atomic E-state index is 0.151. The van der Waals surface area contributed by atoms with Crippen molar-refractivity contribution >= 4 is 21.4 Å². The molecular formula is C13H16N2O3S2. The van der Waals surface area contributed by atoms with Gasteiger partial charge in [-0.2, -0.15) is 0 Å². The normalized spacial score (nSPS) is 13.3. The molecule has 0 aliphatic rings. The van der Waals surface area contributed by atoms with Crippen LogP contribution in [-0.2, 0) is 16.6 Å². The van der Waals surface area contributed by atoms with Gasteiger partial charge < -0.3 is 5.11 Å². The number of hydrogen-bond donors (Lipinski definition) is 2. The Kier molecular flexibility index (Phi) is 4.54. The van der Waals surface area contributed by atoms with Gasteiger partial charge in [0.15, 0.2) is 0 Å². The van der Waals surface area contributed by atoms with Gasteiger partial charge in [0.25, 0.3) is 10.0 Å². The van der Waals surface area contributed by atoms with E-state index in [0.29, 0.717) is 10.6 Å². The van der Waals surface area contributed by atoms with Crippen LogP contribution in [0.4, 0.5) is 0 Å². The van der Waals surface area contributed by atoms with E-state index in [-0.39, 0.29) is 10.8 Å². The van der Waals surface area contributed by atoms with Gasteiger partial charge in [-0.1, -0.05) is 6.07 Å². The van der Waals surface area contributed by atoms with Gasteiger partial charge in [-0.05, 0) is 37.6 Å². The van der Waals surface area contributed by atoms with Crippen molar-refractivity contribution in [3.05, 3.63) is 46.6 Å². The van der Waals surface area contributed by atoms with Gasteiger partial charge in [-0.3, -0.25) is 4.98 Å². The number of nitrogens with zero attached hydrogens (tertiary/aromatic N) is 1. The van der Waals surface area contributed by atoms with E-state index < -0.39 is 16.1 Å². The zero-order chi connectivity index (χ0) is 14.8. The number of thiophene rings is 1. The van der Waals surface area contributed by atoms with E-state index >= 15 is 0 Å². The van der Waals surface area contributed by atoms with Gasteiger partial charge >= 0.3 is 0 Å². The molecule has 0 saturated heterocycles. The molecule has 0 aliphatic carbocycles. The predicted molar refractivity (Wildman–Crippen MR) is 78.0 cm³/mol. The lowest BCUT2D eigenvalue weighted by atomic mass is 10.2. The first-order chi connectivity index (χ1) is 9.44. The summed E-state index contributed by atoms with van der Waals surface area (Å²) in [5.41, 5.74) is 1.44. The van der Waals surface area contributed by atoms with Gasteiger partial charge in [-0.15, -0.1) is 11.3 Å². The molecule has 0 aromatic carbocycles. The Morgan fingerprint density at radius 3 is 2.75 bits per heavy atom. The molecule has 1 atom stereocenters. The molecule has 20 heavy (non-hydrogen) atoms. The molecule has 0 amide bonds. The average molecular weight is 312 g/mol. The molecule has 0 aliphatic heterocycles. The summed E-state index contributed by atoms with van der Waals surface area (Å²) in [5.74, 6) is 0. The Balaban J connectivity index is 2.23. The molecule has 0 bridgehead atoms. The summed E-state index contributed by atoms with van der Waals surface area (Å²) in [6.45, 7) is 3.37. The number of aliphatic hydroxyl groups excluding tert-OH is 1.